The summed E-state index contributed by atoms with van der Waals surface area (Å²) in [5.41, 5.74) is 3.93. The van der Waals surface area contributed by atoms with E-state index in [1.807, 2.05) is 19.9 Å². The molecule has 0 saturated heterocycles. The van der Waals surface area contributed by atoms with Crippen LogP contribution >= 0.6 is 0 Å². The van der Waals surface area contributed by atoms with Crippen LogP contribution in [0.2, 0.25) is 0 Å². The molecule has 0 saturated carbocycles. The quantitative estimate of drug-likeness (QED) is 0.468. The molecule has 30 heavy (non-hydrogen) atoms. The number of ketones is 1. The molecule has 0 radical (unpaired) electrons. The summed E-state index contributed by atoms with van der Waals surface area (Å²) in [5.74, 6) is 0.966. The Kier molecular flexibility index (Phi) is 9.85. The number of benzene rings is 1. The zero-order valence-corrected chi connectivity index (χ0v) is 18.3. The molecule has 1 aromatic carbocycles. The normalized spacial score (nSPS) is 18.7. The van der Waals surface area contributed by atoms with Crippen LogP contribution in [0.5, 0.6) is 5.75 Å². The van der Waals surface area contributed by atoms with E-state index in [1.165, 1.54) is 0 Å². The molecule has 1 aliphatic rings. The molecule has 1 aliphatic carbocycles. The summed E-state index contributed by atoms with van der Waals surface area (Å²) >= 11 is 0. The first kappa shape index (κ1) is 23.9. The SMILES string of the molecule is CCCCC1CC(=O)C(C(CCC)NOC(C)COc2ccccc2C#N)=C(O)C1. The van der Waals surface area contributed by atoms with Crippen molar-refractivity contribution in [3.8, 4) is 11.8 Å². The number of nitrogens with one attached hydrogen (secondary N) is 1. The third kappa shape index (κ3) is 6.86. The second-order valence-electron chi connectivity index (χ2n) is 8.01. The van der Waals surface area contributed by atoms with Crippen molar-refractivity contribution in [1.29, 1.82) is 5.26 Å². The van der Waals surface area contributed by atoms with E-state index in [1.54, 1.807) is 18.2 Å². The van der Waals surface area contributed by atoms with Crippen LogP contribution < -0.4 is 10.2 Å². The van der Waals surface area contributed by atoms with E-state index in [4.69, 9.17) is 14.8 Å². The smallest absolute Gasteiger partial charge is 0.164 e. The van der Waals surface area contributed by atoms with Crippen LogP contribution in [-0.2, 0) is 9.63 Å². The highest BCUT2D eigenvalue weighted by Crippen LogP contribution is 2.31. The summed E-state index contributed by atoms with van der Waals surface area (Å²) in [4.78, 5) is 18.5. The molecule has 164 valence electrons. The molecular formula is C24H34N2O4. The van der Waals surface area contributed by atoms with Crippen LogP contribution in [0.25, 0.3) is 0 Å². The van der Waals surface area contributed by atoms with E-state index in [0.717, 1.165) is 25.7 Å². The second-order valence-corrected chi connectivity index (χ2v) is 8.01. The van der Waals surface area contributed by atoms with Gasteiger partial charge in [0.25, 0.3) is 0 Å². The number of unbranched alkanes of at least 4 members (excludes halogenated alkanes) is 1. The molecule has 0 heterocycles. The number of nitriles is 1. The third-order valence-electron chi connectivity index (χ3n) is 5.35. The average Bonchev–Trinajstić information content (AvgIpc) is 2.74. The average molecular weight is 415 g/mol. The zero-order valence-electron chi connectivity index (χ0n) is 18.3. The number of carbonyl (C=O) groups excluding carboxylic acids is 1. The summed E-state index contributed by atoms with van der Waals surface area (Å²) in [7, 11) is 0. The summed E-state index contributed by atoms with van der Waals surface area (Å²) in [6.45, 7) is 6.27. The topological polar surface area (TPSA) is 91.6 Å². The Labute approximate surface area is 179 Å². The van der Waals surface area contributed by atoms with E-state index >= 15 is 0 Å². The number of para-hydroxylation sites is 1. The van der Waals surface area contributed by atoms with Gasteiger partial charge in [-0.05, 0) is 37.8 Å². The predicted octanol–water partition coefficient (Wildman–Crippen LogP) is 5.00. The van der Waals surface area contributed by atoms with Crippen molar-refractivity contribution in [3.63, 3.8) is 0 Å². The minimum Gasteiger partial charge on any atom is -0.512 e. The number of ether oxygens (including phenoxy) is 1. The van der Waals surface area contributed by atoms with Crippen LogP contribution in [0.1, 0.15) is 71.3 Å². The third-order valence-corrected chi connectivity index (χ3v) is 5.35. The number of hydroxylamine groups is 1. The van der Waals surface area contributed by atoms with Crippen molar-refractivity contribution in [2.24, 2.45) is 5.92 Å². The molecule has 1 aromatic rings. The van der Waals surface area contributed by atoms with Crippen LogP contribution in [0.3, 0.4) is 0 Å². The van der Waals surface area contributed by atoms with Crippen molar-refractivity contribution in [2.75, 3.05) is 6.61 Å². The molecule has 2 N–H and O–H groups in total. The summed E-state index contributed by atoms with van der Waals surface area (Å²) < 4.78 is 5.71. The Bertz CT molecular complexity index is 769. The number of Topliss-reactive ketones (excluding diaryl/α,β-unsaturated/α-hetero) is 1. The van der Waals surface area contributed by atoms with Crippen LogP contribution in [0.15, 0.2) is 35.6 Å². The molecule has 6 nitrogen and oxygen atoms in total. The molecule has 3 unspecified atom stereocenters. The molecule has 0 aromatic heterocycles. The first-order valence-corrected chi connectivity index (χ1v) is 11.0. The lowest BCUT2D eigenvalue weighted by molar-refractivity contribution is -0.119. The summed E-state index contributed by atoms with van der Waals surface area (Å²) in [6.07, 6.45) is 5.43. The maximum Gasteiger partial charge on any atom is 0.164 e. The van der Waals surface area contributed by atoms with E-state index in [-0.39, 0.29) is 36.2 Å². The summed E-state index contributed by atoms with van der Waals surface area (Å²) in [5, 5.41) is 19.7. The number of aliphatic hydroxyl groups excluding tert-OH is 1. The first-order valence-electron chi connectivity index (χ1n) is 11.0. The highest BCUT2D eigenvalue weighted by atomic mass is 16.7. The predicted molar refractivity (Wildman–Crippen MR) is 116 cm³/mol. The largest absolute Gasteiger partial charge is 0.512 e. The fraction of sp³-hybridized carbons (Fsp3) is 0.583. The Balaban J connectivity index is 1.95. The Hall–Kier alpha value is -2.36. The van der Waals surface area contributed by atoms with Crippen molar-refractivity contribution < 1.29 is 19.5 Å². The van der Waals surface area contributed by atoms with Gasteiger partial charge in [-0.2, -0.15) is 10.7 Å². The van der Waals surface area contributed by atoms with Gasteiger partial charge in [-0.15, -0.1) is 0 Å². The Morgan fingerprint density at radius 2 is 2.03 bits per heavy atom. The molecule has 0 amide bonds. The molecule has 0 aliphatic heterocycles. The number of hydrogen-bond donors (Lipinski definition) is 2. The first-order chi connectivity index (χ1) is 14.5. The van der Waals surface area contributed by atoms with Crippen LogP contribution in [0, 0.1) is 17.2 Å². The lowest BCUT2D eigenvalue weighted by atomic mass is 9.81. The van der Waals surface area contributed by atoms with Gasteiger partial charge in [0.1, 0.15) is 30.3 Å². The van der Waals surface area contributed by atoms with Crippen molar-refractivity contribution >= 4 is 5.78 Å². The number of rotatable bonds is 12. The molecule has 0 fully saturated rings. The maximum atomic E-state index is 12.8. The highest BCUT2D eigenvalue weighted by molar-refractivity contribution is 5.97. The van der Waals surface area contributed by atoms with Gasteiger partial charge in [-0.25, -0.2) is 0 Å². The van der Waals surface area contributed by atoms with Gasteiger partial charge in [0.2, 0.25) is 0 Å². The van der Waals surface area contributed by atoms with Gasteiger partial charge in [-0.3, -0.25) is 9.63 Å². The van der Waals surface area contributed by atoms with Gasteiger partial charge in [0.05, 0.1) is 17.2 Å². The van der Waals surface area contributed by atoms with Gasteiger partial charge in [0, 0.05) is 12.8 Å². The molecule has 2 rings (SSSR count). The monoisotopic (exact) mass is 414 g/mol. The molecule has 0 bridgehead atoms. The fourth-order valence-electron chi connectivity index (χ4n) is 3.76. The van der Waals surface area contributed by atoms with Crippen LogP contribution in [0.4, 0.5) is 0 Å². The Morgan fingerprint density at radius 1 is 1.27 bits per heavy atom. The van der Waals surface area contributed by atoms with Crippen LogP contribution in [-0.4, -0.2) is 29.6 Å². The number of allylic oxidation sites excluding steroid dienone is 1. The molecule has 3 atom stereocenters. The number of nitrogens with zero attached hydrogens (tertiary/aromatic N) is 1. The number of carbonyl (C=O) groups is 1. The second kappa shape index (κ2) is 12.4. The molecule has 6 heteroatoms. The van der Waals surface area contributed by atoms with E-state index in [2.05, 4.69) is 18.5 Å². The van der Waals surface area contributed by atoms with Gasteiger partial charge < -0.3 is 9.84 Å². The van der Waals surface area contributed by atoms with Gasteiger partial charge >= 0.3 is 0 Å². The lowest BCUT2D eigenvalue weighted by Crippen LogP contribution is -2.40. The zero-order chi connectivity index (χ0) is 21.9. The van der Waals surface area contributed by atoms with E-state index < -0.39 is 0 Å². The highest BCUT2D eigenvalue weighted by Gasteiger charge is 2.32. The summed E-state index contributed by atoms with van der Waals surface area (Å²) in [6, 6.07) is 8.81. The van der Waals surface area contributed by atoms with Crippen molar-refractivity contribution in [2.45, 2.75) is 77.9 Å². The minimum absolute atomic E-state index is 0.0150. The van der Waals surface area contributed by atoms with E-state index in [9.17, 15) is 9.90 Å². The minimum atomic E-state index is -0.344. The van der Waals surface area contributed by atoms with Gasteiger partial charge in [0.15, 0.2) is 5.78 Å². The fourth-order valence-corrected chi connectivity index (χ4v) is 3.76. The van der Waals surface area contributed by atoms with Crippen molar-refractivity contribution in [3.05, 3.63) is 41.2 Å². The maximum absolute atomic E-state index is 12.8. The van der Waals surface area contributed by atoms with Gasteiger partial charge in [-0.1, -0.05) is 45.2 Å². The lowest BCUT2D eigenvalue weighted by Gasteiger charge is -2.29. The molecular weight excluding hydrogens is 380 g/mol. The molecule has 0 spiro atoms. The van der Waals surface area contributed by atoms with Crippen molar-refractivity contribution in [1.82, 2.24) is 5.48 Å². The number of aliphatic hydroxyl groups is 1. The Morgan fingerprint density at radius 3 is 2.70 bits per heavy atom. The van der Waals surface area contributed by atoms with E-state index in [0.29, 0.717) is 36.1 Å². The number of hydrogen-bond acceptors (Lipinski definition) is 6. The standard InChI is InChI=1S/C24H34N2O4/c1-4-6-10-18-13-21(27)24(22(28)14-18)20(9-5-2)26-30-17(3)16-29-23-12-8-7-11-19(23)15-25/h7-8,11-12,17-18,20,26-27H,4-6,9-10,13-14,16H2,1-3H3.